The van der Waals surface area contributed by atoms with E-state index in [2.05, 4.69) is 6.92 Å². The third-order valence-electron chi connectivity index (χ3n) is 1.27. The molecule has 0 spiro atoms. The second-order valence-electron chi connectivity index (χ2n) is 2.06. The standard InChI is InChI=1S/C7H11O2.Al.3H/c1-4-7(5(2)8)6(3)9;;;;/h7H,1,4H2,2-3H3;;;;. The van der Waals surface area contributed by atoms with Gasteiger partial charge in [-0.05, 0) is 20.3 Å². The van der Waals surface area contributed by atoms with E-state index in [0.29, 0.717) is 6.42 Å². The van der Waals surface area contributed by atoms with Crippen LogP contribution in [0.15, 0.2) is 0 Å². The summed E-state index contributed by atoms with van der Waals surface area (Å²) in [6.07, 6.45) is 0.380. The van der Waals surface area contributed by atoms with Gasteiger partial charge in [0.15, 0.2) is 17.4 Å². The normalized spacial score (nSPS) is 8.80. The molecule has 0 saturated carbocycles. The first-order chi connectivity index (χ1) is 4.09. The predicted molar refractivity (Wildman–Crippen MR) is 44.8 cm³/mol. The molecule has 0 aromatic heterocycles. The molecular formula is C7H14AlO2. The molecule has 0 aromatic carbocycles. The molecule has 3 heteroatoms. The van der Waals surface area contributed by atoms with Crippen molar-refractivity contribution in [3.05, 3.63) is 6.92 Å². The van der Waals surface area contributed by atoms with Crippen LogP contribution in [0.1, 0.15) is 20.3 Å². The summed E-state index contributed by atoms with van der Waals surface area (Å²) in [5.41, 5.74) is 0. The molecule has 1 radical (unpaired) electrons. The van der Waals surface area contributed by atoms with Crippen molar-refractivity contribution < 1.29 is 9.59 Å². The lowest BCUT2D eigenvalue weighted by Gasteiger charge is -2.03. The molecule has 0 saturated heterocycles. The zero-order valence-corrected chi connectivity index (χ0v) is 5.81. The van der Waals surface area contributed by atoms with Crippen LogP contribution in [0.5, 0.6) is 0 Å². The van der Waals surface area contributed by atoms with Gasteiger partial charge in [0.25, 0.3) is 0 Å². The maximum atomic E-state index is 10.6. The van der Waals surface area contributed by atoms with E-state index >= 15 is 0 Å². The maximum absolute atomic E-state index is 10.6. The first-order valence-corrected chi connectivity index (χ1v) is 2.89. The molecule has 0 aliphatic heterocycles. The third-order valence-corrected chi connectivity index (χ3v) is 1.27. The minimum Gasteiger partial charge on any atom is -0.299 e. The Hall–Kier alpha value is -0.128. The quantitative estimate of drug-likeness (QED) is 0.420. The van der Waals surface area contributed by atoms with Gasteiger partial charge in [-0.15, -0.1) is 0 Å². The Kier molecular flexibility index (Phi) is 7.07. The van der Waals surface area contributed by atoms with Gasteiger partial charge in [0, 0.05) is 0 Å². The molecule has 0 heterocycles. The van der Waals surface area contributed by atoms with Crippen LogP contribution in [0, 0.1) is 12.8 Å². The molecule has 10 heavy (non-hydrogen) atoms. The molecule has 0 unspecified atom stereocenters. The summed E-state index contributed by atoms with van der Waals surface area (Å²) in [6.45, 7) is 6.31. The van der Waals surface area contributed by atoms with Gasteiger partial charge in [0.2, 0.25) is 0 Å². The number of rotatable bonds is 3. The monoisotopic (exact) mass is 157 g/mol. The molecule has 0 aliphatic rings. The van der Waals surface area contributed by atoms with Crippen molar-refractivity contribution in [2.75, 3.05) is 0 Å². The average molecular weight is 157 g/mol. The van der Waals surface area contributed by atoms with Crippen molar-refractivity contribution in [2.45, 2.75) is 20.3 Å². The van der Waals surface area contributed by atoms with Crippen molar-refractivity contribution >= 4 is 28.9 Å². The first kappa shape index (κ1) is 12.5. The van der Waals surface area contributed by atoms with Crippen LogP contribution in [0.2, 0.25) is 0 Å². The first-order valence-electron chi connectivity index (χ1n) is 2.89. The molecule has 0 bridgehead atoms. The molecule has 0 fully saturated rings. The fraction of sp³-hybridized carbons (Fsp3) is 0.571. The van der Waals surface area contributed by atoms with Crippen LogP contribution in [-0.2, 0) is 9.59 Å². The van der Waals surface area contributed by atoms with Crippen LogP contribution in [0.25, 0.3) is 0 Å². The van der Waals surface area contributed by atoms with Crippen molar-refractivity contribution in [3.63, 3.8) is 0 Å². The summed E-state index contributed by atoms with van der Waals surface area (Å²) in [7, 11) is 0. The predicted octanol–water partition coefficient (Wildman–Crippen LogP) is -0.179. The zero-order valence-electron chi connectivity index (χ0n) is 5.81. The topological polar surface area (TPSA) is 34.1 Å². The Balaban J connectivity index is 0. The van der Waals surface area contributed by atoms with Crippen LogP contribution >= 0.6 is 0 Å². The molecule has 2 nitrogen and oxygen atoms in total. The van der Waals surface area contributed by atoms with E-state index in [1.54, 1.807) is 0 Å². The Morgan fingerprint density at radius 2 is 1.60 bits per heavy atom. The van der Waals surface area contributed by atoms with Gasteiger partial charge in [-0.25, -0.2) is 0 Å². The SMILES string of the molecule is [AlH3].[CH2]CC(C(C)=O)C(C)=O. The van der Waals surface area contributed by atoms with E-state index in [-0.39, 0.29) is 28.9 Å². The number of Topliss-reactive ketones (excluding diaryl/α,β-unsaturated/α-hetero) is 2. The molecule has 0 atom stereocenters. The lowest BCUT2D eigenvalue weighted by Crippen LogP contribution is -2.17. The highest BCUT2D eigenvalue weighted by Crippen LogP contribution is 2.03. The summed E-state index contributed by atoms with van der Waals surface area (Å²) in [5, 5.41) is 0. The minimum absolute atomic E-state index is 0. The highest BCUT2D eigenvalue weighted by atomic mass is 27.0. The highest BCUT2D eigenvalue weighted by Gasteiger charge is 2.15. The van der Waals surface area contributed by atoms with Gasteiger partial charge in [0.1, 0.15) is 11.6 Å². The van der Waals surface area contributed by atoms with E-state index in [1.165, 1.54) is 13.8 Å². The summed E-state index contributed by atoms with van der Waals surface area (Å²) in [6, 6.07) is 0. The number of hydrogen-bond donors (Lipinski definition) is 0. The minimum atomic E-state index is -0.468. The Morgan fingerprint density at radius 1 is 1.30 bits per heavy atom. The van der Waals surface area contributed by atoms with Gasteiger partial charge in [0.05, 0.1) is 5.92 Å². The lowest BCUT2D eigenvalue weighted by atomic mass is 9.98. The Bertz CT molecular complexity index is 118. The van der Waals surface area contributed by atoms with Crippen LogP contribution < -0.4 is 0 Å². The van der Waals surface area contributed by atoms with Gasteiger partial charge in [-0.2, -0.15) is 0 Å². The van der Waals surface area contributed by atoms with Crippen molar-refractivity contribution in [2.24, 2.45) is 5.92 Å². The maximum Gasteiger partial charge on any atom is 0.187 e. The third kappa shape index (κ3) is 3.81. The molecule has 0 aliphatic carbocycles. The smallest absolute Gasteiger partial charge is 0.187 e. The number of ketones is 2. The summed E-state index contributed by atoms with van der Waals surface area (Å²) >= 11 is 0. The van der Waals surface area contributed by atoms with Crippen molar-refractivity contribution in [3.8, 4) is 0 Å². The van der Waals surface area contributed by atoms with Gasteiger partial charge in [-0.3, -0.25) is 9.59 Å². The summed E-state index contributed by atoms with van der Waals surface area (Å²) in [4.78, 5) is 21.1. The van der Waals surface area contributed by atoms with E-state index in [9.17, 15) is 9.59 Å². The molecule has 0 N–H and O–H groups in total. The van der Waals surface area contributed by atoms with E-state index in [0.717, 1.165) is 0 Å². The Labute approximate surface area is 72.1 Å². The average Bonchev–Trinajstić information content (AvgIpc) is 1.64. The van der Waals surface area contributed by atoms with Crippen LogP contribution in [0.3, 0.4) is 0 Å². The zero-order chi connectivity index (χ0) is 7.44. The van der Waals surface area contributed by atoms with Gasteiger partial charge in [-0.1, -0.05) is 6.92 Å². The second-order valence-corrected chi connectivity index (χ2v) is 2.06. The molecule has 0 aromatic rings. The number of carbonyl (C=O) groups excluding carboxylic acids is 2. The molecule has 0 amide bonds. The Morgan fingerprint density at radius 3 is 1.60 bits per heavy atom. The lowest BCUT2D eigenvalue weighted by molar-refractivity contribution is -0.130. The van der Waals surface area contributed by atoms with Gasteiger partial charge < -0.3 is 0 Å². The number of hydrogen-bond acceptors (Lipinski definition) is 2. The van der Waals surface area contributed by atoms with Crippen molar-refractivity contribution in [1.82, 2.24) is 0 Å². The number of carbonyl (C=O) groups is 2. The van der Waals surface area contributed by atoms with E-state index in [1.807, 2.05) is 0 Å². The van der Waals surface area contributed by atoms with Crippen LogP contribution in [0.4, 0.5) is 0 Å². The molecule has 0 rings (SSSR count). The fourth-order valence-electron chi connectivity index (χ4n) is 0.693. The summed E-state index contributed by atoms with van der Waals surface area (Å²) < 4.78 is 0. The molecule has 57 valence electrons. The van der Waals surface area contributed by atoms with Crippen molar-refractivity contribution in [1.29, 1.82) is 0 Å². The van der Waals surface area contributed by atoms with E-state index in [4.69, 9.17) is 0 Å². The fourth-order valence-corrected chi connectivity index (χ4v) is 0.693. The van der Waals surface area contributed by atoms with E-state index < -0.39 is 5.92 Å². The largest absolute Gasteiger partial charge is 0.299 e. The molecular weight excluding hydrogens is 143 g/mol. The summed E-state index contributed by atoms with van der Waals surface area (Å²) in [5.74, 6) is -0.639. The highest BCUT2D eigenvalue weighted by molar-refractivity contribution is 6.00. The van der Waals surface area contributed by atoms with Gasteiger partial charge >= 0.3 is 0 Å². The van der Waals surface area contributed by atoms with Crippen LogP contribution in [-0.4, -0.2) is 28.9 Å². The second kappa shape index (κ2) is 5.64.